The lowest BCUT2D eigenvalue weighted by atomic mass is 9.90. The first-order valence-electron chi connectivity index (χ1n) is 16.0. The number of rotatable bonds is 23. The molecule has 4 amide bonds. The van der Waals surface area contributed by atoms with Crippen LogP contribution in [-0.4, -0.2) is 98.8 Å². The van der Waals surface area contributed by atoms with Crippen molar-refractivity contribution in [2.24, 2.45) is 16.2 Å². The molecule has 0 aliphatic heterocycles. The first-order valence-corrected chi connectivity index (χ1v) is 18.9. The molecule has 0 spiro atoms. The Morgan fingerprint density at radius 2 is 1.57 bits per heavy atom. The number of carboxylic acids is 2. The Hall–Kier alpha value is -3.73. The van der Waals surface area contributed by atoms with Gasteiger partial charge in [-0.15, -0.1) is 10.2 Å². The van der Waals surface area contributed by atoms with Crippen LogP contribution in [0.25, 0.3) is 0 Å². The first-order chi connectivity index (χ1) is 22.7. The predicted molar refractivity (Wildman–Crippen MR) is 177 cm³/mol. The van der Waals surface area contributed by atoms with Crippen LogP contribution < -0.4 is 20.4 Å². The second-order valence-electron chi connectivity index (χ2n) is 13.9. The van der Waals surface area contributed by atoms with E-state index in [1.54, 1.807) is 20.8 Å². The lowest BCUT2D eigenvalue weighted by molar-refractivity contribution is -0.143. The average Bonchev–Trinajstić information content (AvgIpc) is 3.24. The van der Waals surface area contributed by atoms with E-state index >= 15 is 0 Å². The fourth-order valence-electron chi connectivity index (χ4n) is 5.55. The Labute approximate surface area is 287 Å². The molecular formula is C29H49N8O10PS. The maximum Gasteiger partial charge on any atom is 0.326 e. The molecule has 5 unspecified atom stereocenters. The normalized spacial score (nSPS) is 20.3. The van der Waals surface area contributed by atoms with E-state index in [0.29, 0.717) is 31.2 Å². The molecule has 18 nitrogen and oxygen atoms in total. The van der Waals surface area contributed by atoms with E-state index in [9.17, 15) is 47.4 Å². The Morgan fingerprint density at radius 1 is 0.939 bits per heavy atom. The van der Waals surface area contributed by atoms with Crippen LogP contribution in [0.5, 0.6) is 0 Å². The topological polar surface area (TPSA) is 280 Å². The van der Waals surface area contributed by atoms with Crippen molar-refractivity contribution in [3.63, 3.8) is 0 Å². The van der Waals surface area contributed by atoms with Crippen LogP contribution in [0, 0.1) is 16.2 Å². The van der Waals surface area contributed by atoms with E-state index in [0.717, 1.165) is 0 Å². The van der Waals surface area contributed by atoms with Crippen LogP contribution in [0.3, 0.4) is 0 Å². The second kappa shape index (κ2) is 17.8. The summed E-state index contributed by atoms with van der Waals surface area (Å²) in [5.74, 6) is -4.63. The number of nitrogens with zero attached hydrogens (tertiary/aromatic N) is 3. The minimum atomic E-state index is -3.95. The summed E-state index contributed by atoms with van der Waals surface area (Å²) in [7, 11) is -4.06. The molecule has 1 aliphatic carbocycles. The lowest BCUT2D eigenvalue weighted by Crippen LogP contribution is -2.44. The number of H-pyrrole nitrogens is 1. The molecular weight excluding hydrogens is 683 g/mol. The van der Waals surface area contributed by atoms with Crippen molar-refractivity contribution in [2.75, 3.05) is 11.9 Å². The number of hydrogen-bond donors (Lipinski definition) is 7. The van der Waals surface area contributed by atoms with E-state index in [1.807, 2.05) is 13.8 Å². The first kappa shape index (κ1) is 41.4. The number of sulfonamides is 1. The van der Waals surface area contributed by atoms with Crippen LogP contribution in [0.4, 0.5) is 0 Å². The van der Waals surface area contributed by atoms with Crippen molar-refractivity contribution in [3.8, 4) is 0 Å². The van der Waals surface area contributed by atoms with Crippen molar-refractivity contribution < 1.29 is 47.4 Å². The number of aliphatic carboxylic acids is 2. The number of nitrogens with one attached hydrogen (secondary N) is 5. The molecule has 20 heteroatoms. The molecule has 2 rings (SSSR count). The Bertz CT molecular complexity index is 1460. The fourth-order valence-corrected chi connectivity index (χ4v) is 7.60. The van der Waals surface area contributed by atoms with E-state index in [-0.39, 0.29) is 59.1 Å². The third-order valence-corrected chi connectivity index (χ3v) is 11.6. The van der Waals surface area contributed by atoms with E-state index in [2.05, 4.69) is 41.1 Å². The number of amides is 4. The largest absolute Gasteiger partial charge is 0.480 e. The number of aromatic nitrogens is 4. The molecule has 1 fully saturated rings. The van der Waals surface area contributed by atoms with Gasteiger partial charge in [0.1, 0.15) is 12.1 Å². The van der Waals surface area contributed by atoms with Gasteiger partial charge in [-0.2, -0.15) is 5.21 Å². The summed E-state index contributed by atoms with van der Waals surface area (Å²) >= 11 is 0. The maximum absolute atomic E-state index is 12.6. The highest BCUT2D eigenvalue weighted by Crippen LogP contribution is 2.66. The number of aromatic amines is 1. The zero-order valence-corrected chi connectivity index (χ0v) is 30.4. The van der Waals surface area contributed by atoms with Crippen LogP contribution in [-0.2, 0) is 45.2 Å². The van der Waals surface area contributed by atoms with Crippen LogP contribution in [0.15, 0.2) is 0 Å². The molecule has 0 radical (unpaired) electrons. The molecule has 1 aliphatic rings. The summed E-state index contributed by atoms with van der Waals surface area (Å²) in [6, 6.07) is -2.43. The molecule has 1 saturated carbocycles. The molecule has 0 saturated heterocycles. The van der Waals surface area contributed by atoms with Gasteiger partial charge in [-0.25, -0.2) is 18.0 Å². The monoisotopic (exact) mass is 732 g/mol. The maximum atomic E-state index is 12.6. The highest BCUT2D eigenvalue weighted by molar-refractivity contribution is 7.90. The highest BCUT2D eigenvalue weighted by atomic mass is 32.2. The van der Waals surface area contributed by atoms with Gasteiger partial charge in [0.2, 0.25) is 33.7 Å². The van der Waals surface area contributed by atoms with E-state index < -0.39 is 74.3 Å². The molecule has 1 aromatic heterocycles. The third kappa shape index (κ3) is 14.3. The molecule has 49 heavy (non-hydrogen) atoms. The number of carbonyl (C=O) groups excluding carboxylic acids is 4. The van der Waals surface area contributed by atoms with Gasteiger partial charge in [0.25, 0.3) is 0 Å². The van der Waals surface area contributed by atoms with Crippen LogP contribution in [0.1, 0.15) is 98.2 Å². The molecule has 5 atom stereocenters. The molecule has 1 aromatic rings. The van der Waals surface area contributed by atoms with Gasteiger partial charge in [-0.3, -0.25) is 23.9 Å². The van der Waals surface area contributed by atoms with Crippen molar-refractivity contribution in [3.05, 3.63) is 5.82 Å². The zero-order valence-electron chi connectivity index (χ0n) is 28.6. The van der Waals surface area contributed by atoms with Crippen molar-refractivity contribution in [2.45, 2.75) is 111 Å². The minimum absolute atomic E-state index is 0.0121. The number of tetrazole rings is 1. The highest BCUT2D eigenvalue weighted by Gasteiger charge is 2.61. The molecule has 7 N–H and O–H groups in total. The molecule has 1 heterocycles. The summed E-state index contributed by atoms with van der Waals surface area (Å²) in [5, 5.41) is 39.9. The smallest absolute Gasteiger partial charge is 0.326 e. The van der Waals surface area contributed by atoms with Gasteiger partial charge in [0.15, 0.2) is 5.82 Å². The number of carbonyl (C=O) groups is 6. The SMILES string of the molecule is CCCC(NC(=O)CCC(NC(=O)CC(C)(C)CPNC(=O)CCCS(=O)(=O)NC(=O)CC1(C)CC1(C)Cc1nn[nH]n1)C(=O)O)C(=O)O. The summed E-state index contributed by atoms with van der Waals surface area (Å²) in [6.45, 7) is 9.18. The molecule has 276 valence electrons. The van der Waals surface area contributed by atoms with Gasteiger partial charge in [-0.1, -0.05) is 46.3 Å². The average molecular weight is 733 g/mol. The zero-order chi connectivity index (χ0) is 37.0. The molecule has 0 aromatic carbocycles. The van der Waals surface area contributed by atoms with Gasteiger partial charge in [0.05, 0.1) is 5.75 Å². The Balaban J connectivity index is 1.68. The Kier molecular flexibility index (Phi) is 15.0. The number of carboxylic acid groups (broad SMARTS) is 2. The Morgan fingerprint density at radius 3 is 2.16 bits per heavy atom. The summed E-state index contributed by atoms with van der Waals surface area (Å²) in [5.41, 5.74) is -1.32. The van der Waals surface area contributed by atoms with E-state index in [4.69, 9.17) is 0 Å². The number of hydrogen-bond acceptors (Lipinski definition) is 11. The van der Waals surface area contributed by atoms with Crippen LogP contribution >= 0.6 is 8.73 Å². The van der Waals surface area contributed by atoms with Crippen molar-refractivity contribution >= 4 is 54.3 Å². The minimum Gasteiger partial charge on any atom is -0.480 e. The van der Waals surface area contributed by atoms with Gasteiger partial charge in [0, 0.05) is 32.1 Å². The third-order valence-electron chi connectivity index (χ3n) is 8.62. The van der Waals surface area contributed by atoms with Gasteiger partial charge in [-0.05, 0) is 56.8 Å². The fraction of sp³-hybridized carbons (Fsp3) is 0.759. The lowest BCUT2D eigenvalue weighted by Gasteiger charge is -2.25. The standard InChI is InChI=1S/C29H49N8O10PS/c1-6-8-18(25(42)43)30-21(38)11-10-19(26(44)45)31-23(40)14-27(2,3)17-48-34-22(39)9-7-12-49(46,47)35-24(41)15-29(5)16-28(29,4)13-20-32-36-37-33-20/h18-19,48H,6-17H2,1-5H3,(H,30,38)(H,31,40)(H,34,39)(H,35,41)(H,42,43)(H,44,45)(H,32,33,36,37). The summed E-state index contributed by atoms with van der Waals surface area (Å²) in [4.78, 5) is 72.5. The molecule has 0 bridgehead atoms. The van der Waals surface area contributed by atoms with Gasteiger partial charge < -0.3 is 25.9 Å². The van der Waals surface area contributed by atoms with Crippen LogP contribution in [0.2, 0.25) is 0 Å². The van der Waals surface area contributed by atoms with Crippen molar-refractivity contribution in [1.82, 2.24) is 41.1 Å². The van der Waals surface area contributed by atoms with E-state index in [1.165, 1.54) is 0 Å². The van der Waals surface area contributed by atoms with Crippen molar-refractivity contribution in [1.29, 1.82) is 0 Å². The quantitative estimate of drug-likeness (QED) is 0.0761. The summed E-state index contributed by atoms with van der Waals surface area (Å²) < 4.78 is 27.0. The van der Waals surface area contributed by atoms with Gasteiger partial charge >= 0.3 is 11.9 Å². The predicted octanol–water partition coefficient (Wildman–Crippen LogP) is 0.620. The second-order valence-corrected chi connectivity index (χ2v) is 16.7. The summed E-state index contributed by atoms with van der Waals surface area (Å²) in [6.07, 6.45) is 1.64.